The normalized spacial score (nSPS) is 16.2. The number of benzene rings is 2. The van der Waals surface area contributed by atoms with Gasteiger partial charge in [-0.2, -0.15) is 0 Å². The van der Waals surface area contributed by atoms with E-state index in [0.717, 1.165) is 36.3 Å². The molecule has 1 aliphatic rings. The van der Waals surface area contributed by atoms with Crippen LogP contribution >= 0.6 is 0 Å². The highest BCUT2D eigenvalue weighted by atomic mass is 16.5. The number of anilines is 1. The number of hydrogen-bond acceptors (Lipinski definition) is 4. The molecule has 1 aliphatic heterocycles. The zero-order valence-electron chi connectivity index (χ0n) is 17.8. The van der Waals surface area contributed by atoms with Crippen molar-refractivity contribution in [2.75, 3.05) is 32.1 Å². The Bertz CT molecular complexity index is 896. The first-order valence-electron chi connectivity index (χ1n) is 10.2. The van der Waals surface area contributed by atoms with Gasteiger partial charge in [0.05, 0.1) is 6.10 Å². The second-order valence-corrected chi connectivity index (χ2v) is 7.71. The minimum absolute atomic E-state index is 0.0300. The lowest BCUT2D eigenvalue weighted by Gasteiger charge is -2.15. The minimum Gasteiger partial charge on any atom is -0.378 e. The summed E-state index contributed by atoms with van der Waals surface area (Å²) in [5.41, 5.74) is 3.66. The highest BCUT2D eigenvalue weighted by Gasteiger charge is 2.19. The summed E-state index contributed by atoms with van der Waals surface area (Å²) >= 11 is 0. The quantitative estimate of drug-likeness (QED) is 0.692. The van der Waals surface area contributed by atoms with E-state index in [4.69, 9.17) is 4.74 Å². The highest BCUT2D eigenvalue weighted by molar-refractivity contribution is 6.05. The Hall–Kier alpha value is -3.12. The van der Waals surface area contributed by atoms with Gasteiger partial charge in [-0.25, -0.2) is 0 Å². The van der Waals surface area contributed by atoms with E-state index in [1.165, 1.54) is 0 Å². The van der Waals surface area contributed by atoms with Crippen LogP contribution in [0.15, 0.2) is 54.2 Å². The van der Waals surface area contributed by atoms with Crippen molar-refractivity contribution >= 4 is 23.6 Å². The molecule has 2 amide bonds. The molecule has 1 atom stereocenters. The Balaban J connectivity index is 1.78. The number of carbonyl (C=O) groups is 2. The molecule has 0 spiro atoms. The third-order valence-corrected chi connectivity index (χ3v) is 5.04. The van der Waals surface area contributed by atoms with E-state index in [9.17, 15) is 9.59 Å². The molecule has 30 heavy (non-hydrogen) atoms. The lowest BCUT2D eigenvalue weighted by Crippen LogP contribution is -2.38. The van der Waals surface area contributed by atoms with Crippen molar-refractivity contribution in [3.8, 4) is 0 Å². The molecule has 2 aromatic rings. The number of nitrogens with one attached hydrogen (secondary N) is 2. The number of amides is 2. The molecule has 0 radical (unpaired) electrons. The van der Waals surface area contributed by atoms with Gasteiger partial charge in [0, 0.05) is 38.5 Å². The molecule has 0 unspecified atom stereocenters. The van der Waals surface area contributed by atoms with E-state index in [2.05, 4.69) is 10.6 Å². The summed E-state index contributed by atoms with van der Waals surface area (Å²) in [5.74, 6) is -0.652. The summed E-state index contributed by atoms with van der Waals surface area (Å²) in [6, 6.07) is 15.0. The standard InChI is InChI=1S/C24H29N3O3/c1-17-6-10-19(11-7-17)23(28)26-22(24(29)25-16-21-5-4-14-30-21)15-18-8-12-20(13-9-18)27(2)3/h6-13,15,21H,4-5,14,16H2,1-3H3,(H,25,29)(H,26,28)/b22-15-/t21-/m0/s1. The molecular weight excluding hydrogens is 378 g/mol. The van der Waals surface area contributed by atoms with E-state index in [1.807, 2.05) is 62.3 Å². The van der Waals surface area contributed by atoms with Crippen molar-refractivity contribution in [3.05, 3.63) is 70.9 Å². The second-order valence-electron chi connectivity index (χ2n) is 7.71. The lowest BCUT2D eigenvalue weighted by atomic mass is 10.1. The predicted molar refractivity (Wildman–Crippen MR) is 119 cm³/mol. The monoisotopic (exact) mass is 407 g/mol. The van der Waals surface area contributed by atoms with Gasteiger partial charge in [-0.3, -0.25) is 9.59 Å². The number of ether oxygens (including phenoxy) is 1. The number of aryl methyl sites for hydroxylation is 1. The molecule has 1 heterocycles. The van der Waals surface area contributed by atoms with Crippen LogP contribution in [0.3, 0.4) is 0 Å². The Kier molecular flexibility index (Phi) is 7.25. The average molecular weight is 408 g/mol. The fourth-order valence-electron chi connectivity index (χ4n) is 3.20. The maximum absolute atomic E-state index is 12.8. The van der Waals surface area contributed by atoms with Crippen LogP contribution in [0.4, 0.5) is 5.69 Å². The molecule has 6 nitrogen and oxygen atoms in total. The molecule has 2 N–H and O–H groups in total. The molecular formula is C24H29N3O3. The van der Waals surface area contributed by atoms with Gasteiger partial charge in [-0.05, 0) is 55.7 Å². The lowest BCUT2D eigenvalue weighted by molar-refractivity contribution is -0.118. The average Bonchev–Trinajstić information content (AvgIpc) is 3.26. The predicted octanol–water partition coefficient (Wildman–Crippen LogP) is 3.13. The van der Waals surface area contributed by atoms with E-state index in [0.29, 0.717) is 12.1 Å². The van der Waals surface area contributed by atoms with E-state index in [1.54, 1.807) is 18.2 Å². The van der Waals surface area contributed by atoms with Gasteiger partial charge in [0.25, 0.3) is 11.8 Å². The van der Waals surface area contributed by atoms with Crippen LogP contribution in [0.2, 0.25) is 0 Å². The molecule has 0 aromatic heterocycles. The molecule has 3 rings (SSSR count). The minimum atomic E-state index is -0.331. The van der Waals surface area contributed by atoms with Crippen LogP contribution in [0, 0.1) is 6.92 Å². The third-order valence-electron chi connectivity index (χ3n) is 5.04. The third kappa shape index (κ3) is 5.94. The first-order chi connectivity index (χ1) is 14.4. The summed E-state index contributed by atoms with van der Waals surface area (Å²) in [5, 5.41) is 5.66. The van der Waals surface area contributed by atoms with Gasteiger partial charge in [-0.15, -0.1) is 0 Å². The Morgan fingerprint density at radius 3 is 2.40 bits per heavy atom. The summed E-state index contributed by atoms with van der Waals surface area (Å²) in [6.45, 7) is 3.12. The molecule has 2 aromatic carbocycles. The largest absolute Gasteiger partial charge is 0.378 e. The van der Waals surface area contributed by atoms with Crippen LogP contribution in [0.5, 0.6) is 0 Å². The molecule has 0 aliphatic carbocycles. The van der Waals surface area contributed by atoms with Crippen molar-refractivity contribution in [3.63, 3.8) is 0 Å². The van der Waals surface area contributed by atoms with Crippen molar-refractivity contribution < 1.29 is 14.3 Å². The summed E-state index contributed by atoms with van der Waals surface area (Å²) in [4.78, 5) is 27.5. The zero-order valence-corrected chi connectivity index (χ0v) is 17.8. The van der Waals surface area contributed by atoms with Gasteiger partial charge in [0.2, 0.25) is 0 Å². The van der Waals surface area contributed by atoms with Gasteiger partial charge in [0.15, 0.2) is 0 Å². The number of rotatable bonds is 7. The van der Waals surface area contributed by atoms with E-state index >= 15 is 0 Å². The van der Waals surface area contributed by atoms with Crippen molar-refractivity contribution in [1.29, 1.82) is 0 Å². The highest BCUT2D eigenvalue weighted by Crippen LogP contribution is 2.15. The van der Waals surface area contributed by atoms with Crippen LogP contribution in [-0.2, 0) is 9.53 Å². The summed E-state index contributed by atoms with van der Waals surface area (Å²) < 4.78 is 5.57. The van der Waals surface area contributed by atoms with E-state index < -0.39 is 0 Å². The fourth-order valence-corrected chi connectivity index (χ4v) is 3.20. The summed E-state index contributed by atoms with van der Waals surface area (Å²) in [6.07, 6.45) is 3.66. The molecule has 0 saturated carbocycles. The number of carbonyl (C=O) groups excluding carboxylic acids is 2. The molecule has 1 saturated heterocycles. The van der Waals surface area contributed by atoms with Gasteiger partial charge < -0.3 is 20.3 Å². The van der Waals surface area contributed by atoms with Crippen LogP contribution in [0.25, 0.3) is 6.08 Å². The SMILES string of the molecule is Cc1ccc(C(=O)N/C(=C\c2ccc(N(C)C)cc2)C(=O)NC[C@@H]2CCCO2)cc1. The Morgan fingerprint density at radius 2 is 1.80 bits per heavy atom. The zero-order chi connectivity index (χ0) is 21.5. The van der Waals surface area contributed by atoms with E-state index in [-0.39, 0.29) is 23.6 Å². The van der Waals surface area contributed by atoms with Crippen LogP contribution in [-0.4, -0.2) is 45.2 Å². The Labute approximate surface area is 177 Å². The maximum Gasteiger partial charge on any atom is 0.267 e. The van der Waals surface area contributed by atoms with Crippen LogP contribution < -0.4 is 15.5 Å². The molecule has 158 valence electrons. The molecule has 6 heteroatoms. The van der Waals surface area contributed by atoms with Gasteiger partial charge in [0.1, 0.15) is 5.70 Å². The number of nitrogens with zero attached hydrogens (tertiary/aromatic N) is 1. The summed E-state index contributed by atoms with van der Waals surface area (Å²) in [7, 11) is 3.94. The van der Waals surface area contributed by atoms with Gasteiger partial charge >= 0.3 is 0 Å². The van der Waals surface area contributed by atoms with Crippen molar-refractivity contribution in [2.24, 2.45) is 0 Å². The number of hydrogen-bond donors (Lipinski definition) is 2. The fraction of sp³-hybridized carbons (Fsp3) is 0.333. The smallest absolute Gasteiger partial charge is 0.267 e. The topological polar surface area (TPSA) is 70.7 Å². The first kappa shape index (κ1) is 21.6. The van der Waals surface area contributed by atoms with Crippen molar-refractivity contribution in [2.45, 2.75) is 25.9 Å². The maximum atomic E-state index is 12.8. The molecule has 1 fully saturated rings. The van der Waals surface area contributed by atoms with Gasteiger partial charge in [-0.1, -0.05) is 29.8 Å². The van der Waals surface area contributed by atoms with Crippen LogP contribution in [0.1, 0.15) is 34.3 Å². The first-order valence-corrected chi connectivity index (χ1v) is 10.2. The molecule has 0 bridgehead atoms. The Morgan fingerprint density at radius 1 is 1.10 bits per heavy atom. The van der Waals surface area contributed by atoms with Crippen molar-refractivity contribution in [1.82, 2.24) is 10.6 Å². The second kappa shape index (κ2) is 10.1.